The van der Waals surface area contributed by atoms with Gasteiger partial charge in [-0.2, -0.15) is 0 Å². The highest BCUT2D eigenvalue weighted by atomic mass is 79.9. The highest BCUT2D eigenvalue weighted by Crippen LogP contribution is 2.19. The molecule has 0 heterocycles. The Bertz CT molecular complexity index is 689. The molecular formula is C14H10BrFN2O2. The number of carbonyl (C=O) groups is 2. The SMILES string of the molecule is NC(=O)c1ccccc1NC(=O)c1ccc(Br)c(F)c1. The standard InChI is InChI=1S/C14H10BrFN2O2/c15-10-6-5-8(7-11(10)16)14(20)18-12-4-2-1-3-9(12)13(17)19/h1-7H,(H2,17,19)(H,18,20). The van der Waals surface area contributed by atoms with E-state index in [9.17, 15) is 14.0 Å². The fourth-order valence-electron chi connectivity index (χ4n) is 1.64. The predicted molar refractivity (Wildman–Crippen MR) is 77.0 cm³/mol. The molecule has 0 fully saturated rings. The van der Waals surface area contributed by atoms with Gasteiger partial charge >= 0.3 is 0 Å². The monoisotopic (exact) mass is 336 g/mol. The molecule has 6 heteroatoms. The predicted octanol–water partition coefficient (Wildman–Crippen LogP) is 2.94. The van der Waals surface area contributed by atoms with Crippen molar-refractivity contribution in [2.24, 2.45) is 5.73 Å². The zero-order valence-corrected chi connectivity index (χ0v) is 11.8. The lowest BCUT2D eigenvalue weighted by molar-refractivity contribution is 0.100. The van der Waals surface area contributed by atoms with E-state index in [4.69, 9.17) is 5.73 Å². The molecule has 2 aromatic carbocycles. The summed E-state index contributed by atoms with van der Waals surface area (Å²) in [5.41, 5.74) is 5.84. The van der Waals surface area contributed by atoms with E-state index >= 15 is 0 Å². The van der Waals surface area contributed by atoms with Crippen molar-refractivity contribution in [2.45, 2.75) is 0 Å². The van der Waals surface area contributed by atoms with Gasteiger partial charge in [-0.15, -0.1) is 0 Å². The number of para-hydroxylation sites is 1. The smallest absolute Gasteiger partial charge is 0.255 e. The maximum atomic E-state index is 13.4. The van der Waals surface area contributed by atoms with E-state index in [0.29, 0.717) is 0 Å². The molecule has 102 valence electrons. The van der Waals surface area contributed by atoms with Gasteiger partial charge in [0.1, 0.15) is 5.82 Å². The largest absolute Gasteiger partial charge is 0.366 e. The van der Waals surface area contributed by atoms with Crippen molar-refractivity contribution >= 4 is 33.4 Å². The van der Waals surface area contributed by atoms with Crippen molar-refractivity contribution < 1.29 is 14.0 Å². The summed E-state index contributed by atoms with van der Waals surface area (Å²) in [5, 5.41) is 2.53. The minimum Gasteiger partial charge on any atom is -0.366 e. The average Bonchev–Trinajstić information content (AvgIpc) is 2.42. The highest BCUT2D eigenvalue weighted by Gasteiger charge is 2.13. The van der Waals surface area contributed by atoms with Crippen LogP contribution in [-0.4, -0.2) is 11.8 Å². The van der Waals surface area contributed by atoms with Gasteiger partial charge in [0.05, 0.1) is 15.7 Å². The highest BCUT2D eigenvalue weighted by molar-refractivity contribution is 9.10. The first-order valence-corrected chi connectivity index (χ1v) is 6.43. The van der Waals surface area contributed by atoms with Crippen LogP contribution in [0.15, 0.2) is 46.9 Å². The number of anilines is 1. The van der Waals surface area contributed by atoms with Gasteiger partial charge in [-0.3, -0.25) is 9.59 Å². The summed E-state index contributed by atoms with van der Waals surface area (Å²) in [5.74, 6) is -1.71. The molecule has 2 amide bonds. The Labute approximate surface area is 122 Å². The minimum absolute atomic E-state index is 0.143. The van der Waals surface area contributed by atoms with Gasteiger partial charge in [0.25, 0.3) is 11.8 Å². The molecule has 2 rings (SSSR count). The molecule has 20 heavy (non-hydrogen) atoms. The van der Waals surface area contributed by atoms with E-state index in [1.807, 2.05) is 0 Å². The van der Waals surface area contributed by atoms with Crippen LogP contribution in [-0.2, 0) is 0 Å². The normalized spacial score (nSPS) is 10.1. The third-order valence-electron chi connectivity index (χ3n) is 2.62. The second kappa shape index (κ2) is 5.83. The summed E-state index contributed by atoms with van der Waals surface area (Å²) in [7, 11) is 0. The van der Waals surface area contributed by atoms with E-state index in [1.54, 1.807) is 18.2 Å². The number of benzene rings is 2. The number of primary amides is 1. The number of hydrogen-bond donors (Lipinski definition) is 2. The first-order valence-electron chi connectivity index (χ1n) is 5.64. The Morgan fingerprint density at radius 1 is 1.15 bits per heavy atom. The summed E-state index contributed by atoms with van der Waals surface area (Å²) in [6.45, 7) is 0. The van der Waals surface area contributed by atoms with Gasteiger partial charge in [-0.1, -0.05) is 12.1 Å². The van der Waals surface area contributed by atoms with Crippen LogP contribution in [0.2, 0.25) is 0 Å². The van der Waals surface area contributed by atoms with Gasteiger partial charge in [0, 0.05) is 5.56 Å². The first-order chi connectivity index (χ1) is 9.49. The lowest BCUT2D eigenvalue weighted by atomic mass is 10.1. The topological polar surface area (TPSA) is 72.2 Å². The molecule has 0 aromatic heterocycles. The Morgan fingerprint density at radius 3 is 2.50 bits per heavy atom. The van der Waals surface area contributed by atoms with Crippen LogP contribution < -0.4 is 11.1 Å². The zero-order chi connectivity index (χ0) is 14.7. The first kappa shape index (κ1) is 14.2. The molecule has 0 unspecified atom stereocenters. The van der Waals surface area contributed by atoms with Gasteiger partial charge < -0.3 is 11.1 Å². The molecule has 0 aliphatic rings. The molecule has 3 N–H and O–H groups in total. The Morgan fingerprint density at radius 2 is 1.85 bits per heavy atom. The van der Waals surface area contributed by atoms with E-state index in [2.05, 4.69) is 21.2 Å². The Balaban J connectivity index is 2.28. The molecule has 4 nitrogen and oxygen atoms in total. The van der Waals surface area contributed by atoms with Crippen LogP contribution in [0.1, 0.15) is 20.7 Å². The van der Waals surface area contributed by atoms with Crippen LogP contribution in [0.25, 0.3) is 0 Å². The number of halogens is 2. The number of amides is 2. The Hall–Kier alpha value is -2.21. The molecule has 0 aliphatic carbocycles. The second-order valence-corrected chi connectivity index (χ2v) is 4.85. The molecule has 0 aliphatic heterocycles. The summed E-state index contributed by atoms with van der Waals surface area (Å²) in [4.78, 5) is 23.3. The second-order valence-electron chi connectivity index (χ2n) is 3.99. The van der Waals surface area contributed by atoms with E-state index in [1.165, 1.54) is 18.2 Å². The third kappa shape index (κ3) is 3.03. The molecule has 0 atom stereocenters. The van der Waals surface area contributed by atoms with Crippen molar-refractivity contribution in [3.8, 4) is 0 Å². The fraction of sp³-hybridized carbons (Fsp3) is 0. The lowest BCUT2D eigenvalue weighted by Gasteiger charge is -2.09. The van der Waals surface area contributed by atoms with Crippen LogP contribution in [0, 0.1) is 5.82 Å². The number of nitrogens with one attached hydrogen (secondary N) is 1. The third-order valence-corrected chi connectivity index (χ3v) is 3.27. The molecule has 0 saturated heterocycles. The number of hydrogen-bond acceptors (Lipinski definition) is 2. The maximum Gasteiger partial charge on any atom is 0.255 e. The van der Waals surface area contributed by atoms with Crippen molar-refractivity contribution in [3.63, 3.8) is 0 Å². The van der Waals surface area contributed by atoms with Crippen LogP contribution >= 0.6 is 15.9 Å². The van der Waals surface area contributed by atoms with Gasteiger partial charge in [0.2, 0.25) is 0 Å². The van der Waals surface area contributed by atoms with E-state index in [-0.39, 0.29) is 21.3 Å². The van der Waals surface area contributed by atoms with E-state index < -0.39 is 17.6 Å². The lowest BCUT2D eigenvalue weighted by Crippen LogP contribution is -2.18. The maximum absolute atomic E-state index is 13.4. The summed E-state index contributed by atoms with van der Waals surface area (Å²) < 4.78 is 13.7. The van der Waals surface area contributed by atoms with Crippen LogP contribution in [0.3, 0.4) is 0 Å². The van der Waals surface area contributed by atoms with Gasteiger partial charge in [-0.05, 0) is 46.3 Å². The van der Waals surface area contributed by atoms with Gasteiger partial charge in [-0.25, -0.2) is 4.39 Å². The van der Waals surface area contributed by atoms with E-state index in [0.717, 1.165) is 6.07 Å². The number of nitrogens with two attached hydrogens (primary N) is 1. The van der Waals surface area contributed by atoms with Crippen molar-refractivity contribution in [1.82, 2.24) is 0 Å². The Kier molecular flexibility index (Phi) is 4.14. The quantitative estimate of drug-likeness (QED) is 0.904. The zero-order valence-electron chi connectivity index (χ0n) is 10.2. The van der Waals surface area contributed by atoms with Crippen molar-refractivity contribution in [1.29, 1.82) is 0 Å². The summed E-state index contributed by atoms with van der Waals surface area (Å²) in [6, 6.07) is 10.3. The molecule has 0 saturated carbocycles. The van der Waals surface area contributed by atoms with Crippen LogP contribution in [0.5, 0.6) is 0 Å². The number of carbonyl (C=O) groups excluding carboxylic acids is 2. The van der Waals surface area contributed by atoms with Crippen molar-refractivity contribution in [3.05, 3.63) is 63.9 Å². The molecule has 2 aromatic rings. The summed E-state index contributed by atoms with van der Waals surface area (Å²) >= 11 is 3.01. The average molecular weight is 337 g/mol. The minimum atomic E-state index is -0.650. The molecule has 0 spiro atoms. The molecule has 0 bridgehead atoms. The van der Waals surface area contributed by atoms with Gasteiger partial charge in [0.15, 0.2) is 0 Å². The molecule has 0 radical (unpaired) electrons. The fourth-order valence-corrected chi connectivity index (χ4v) is 1.89. The van der Waals surface area contributed by atoms with Crippen molar-refractivity contribution in [2.75, 3.05) is 5.32 Å². The van der Waals surface area contributed by atoms with Crippen LogP contribution in [0.4, 0.5) is 10.1 Å². The molecular weight excluding hydrogens is 327 g/mol. The number of rotatable bonds is 3. The summed E-state index contributed by atoms with van der Waals surface area (Å²) in [6.07, 6.45) is 0.